The van der Waals surface area contributed by atoms with E-state index >= 15 is 0 Å². The number of nitriles is 1. The monoisotopic (exact) mass is 194 g/mol. The molecule has 1 aromatic heterocycles. The fraction of sp³-hybridized carbons (Fsp3) is 0.125. The van der Waals surface area contributed by atoms with Crippen LogP contribution in [0.4, 0.5) is 0 Å². The van der Waals surface area contributed by atoms with Crippen LogP contribution in [0.2, 0.25) is 0 Å². The summed E-state index contributed by atoms with van der Waals surface area (Å²) in [6, 6.07) is 3.37. The highest BCUT2D eigenvalue weighted by Gasteiger charge is 2.13. The summed E-state index contributed by atoms with van der Waals surface area (Å²) in [6.45, 7) is 0. The summed E-state index contributed by atoms with van der Waals surface area (Å²) < 4.78 is 4.46. The van der Waals surface area contributed by atoms with Crippen molar-refractivity contribution in [1.82, 2.24) is 4.98 Å². The zero-order valence-corrected chi connectivity index (χ0v) is 7.71. The van der Waals surface area contributed by atoms with Crippen LogP contribution in [0, 0.1) is 11.3 Å². The summed E-state index contributed by atoms with van der Waals surface area (Å²) in [6.07, 6.45) is 1.37. The third kappa shape index (κ3) is 1.79. The Bertz CT molecular complexity index is 384. The predicted octanol–water partition coefficient (Wildman–Crippen LogP) is 1.03. The molecule has 0 fully saturated rings. The van der Waals surface area contributed by atoms with Crippen LogP contribution in [-0.4, -0.2) is 18.1 Å². The molecule has 5 heteroatoms. The summed E-state index contributed by atoms with van der Waals surface area (Å²) in [5.74, 6) is -0.595. The number of ether oxygens (including phenoxy) is 1. The lowest BCUT2D eigenvalue weighted by molar-refractivity contribution is 0.0589. The minimum absolute atomic E-state index is 0.0601. The fourth-order valence-electron chi connectivity index (χ4n) is 0.790. The van der Waals surface area contributed by atoms with E-state index in [0.29, 0.717) is 5.56 Å². The number of rotatable bonds is 1. The average Bonchev–Trinajstić information content (AvgIpc) is 2.17. The Morgan fingerprint density at radius 2 is 2.46 bits per heavy atom. The van der Waals surface area contributed by atoms with Crippen molar-refractivity contribution in [2.24, 2.45) is 0 Å². The highest BCUT2D eigenvalue weighted by Crippen LogP contribution is 2.16. The molecule has 0 saturated heterocycles. The molecule has 4 nitrogen and oxygen atoms in total. The van der Waals surface area contributed by atoms with Gasteiger partial charge in [0.2, 0.25) is 0 Å². The molecule has 0 amide bonds. The van der Waals surface area contributed by atoms with Gasteiger partial charge >= 0.3 is 5.97 Å². The van der Waals surface area contributed by atoms with E-state index in [9.17, 15) is 4.79 Å². The zero-order chi connectivity index (χ0) is 9.84. The van der Waals surface area contributed by atoms with Gasteiger partial charge in [0.25, 0.3) is 0 Å². The summed E-state index contributed by atoms with van der Waals surface area (Å²) in [5, 5.41) is 8.62. The van der Waals surface area contributed by atoms with Gasteiger partial charge in [-0.3, -0.25) is 0 Å². The molecule has 0 radical (unpaired) electrons. The second kappa shape index (κ2) is 3.92. The fourth-order valence-corrected chi connectivity index (χ4v) is 1.06. The maximum absolute atomic E-state index is 11.1. The molecule has 0 saturated carbocycles. The topological polar surface area (TPSA) is 63.0 Å². The van der Waals surface area contributed by atoms with Crippen LogP contribution in [-0.2, 0) is 4.74 Å². The van der Waals surface area contributed by atoms with Gasteiger partial charge in [0.05, 0.1) is 17.6 Å². The molecular formula is C8H6N2O2S. The average molecular weight is 194 g/mol. The van der Waals surface area contributed by atoms with Gasteiger partial charge in [0.15, 0.2) is 5.69 Å². The number of pyridine rings is 1. The van der Waals surface area contributed by atoms with Crippen molar-refractivity contribution in [2.75, 3.05) is 7.11 Å². The number of carbonyl (C=O) groups excluding carboxylic acids is 1. The summed E-state index contributed by atoms with van der Waals surface area (Å²) in [7, 11) is 1.25. The molecule has 0 atom stereocenters. The van der Waals surface area contributed by atoms with Gasteiger partial charge in [-0.1, -0.05) is 0 Å². The first kappa shape index (κ1) is 9.55. The lowest BCUT2D eigenvalue weighted by atomic mass is 10.2. The molecule has 0 aliphatic rings. The van der Waals surface area contributed by atoms with Crippen molar-refractivity contribution < 1.29 is 9.53 Å². The number of esters is 1. The molecule has 0 N–H and O–H groups in total. The maximum Gasteiger partial charge on any atom is 0.357 e. The molecule has 66 valence electrons. The van der Waals surface area contributed by atoms with Gasteiger partial charge < -0.3 is 4.74 Å². The van der Waals surface area contributed by atoms with Crippen LogP contribution in [0.15, 0.2) is 17.2 Å². The molecule has 0 aliphatic carbocycles. The van der Waals surface area contributed by atoms with E-state index in [1.807, 2.05) is 6.07 Å². The van der Waals surface area contributed by atoms with Crippen molar-refractivity contribution >= 4 is 18.6 Å². The highest BCUT2D eigenvalue weighted by atomic mass is 32.1. The van der Waals surface area contributed by atoms with E-state index < -0.39 is 5.97 Å². The molecule has 1 rings (SSSR count). The van der Waals surface area contributed by atoms with Crippen LogP contribution in [0.3, 0.4) is 0 Å². The molecule has 13 heavy (non-hydrogen) atoms. The van der Waals surface area contributed by atoms with Crippen LogP contribution >= 0.6 is 12.6 Å². The van der Waals surface area contributed by atoms with Crippen molar-refractivity contribution in [3.8, 4) is 6.07 Å². The Kier molecular flexibility index (Phi) is 2.88. The van der Waals surface area contributed by atoms with E-state index in [1.165, 1.54) is 19.4 Å². The van der Waals surface area contributed by atoms with E-state index in [2.05, 4.69) is 22.3 Å². The Morgan fingerprint density at radius 1 is 1.77 bits per heavy atom. The summed E-state index contributed by atoms with van der Waals surface area (Å²) in [5.41, 5.74) is 0.364. The minimum atomic E-state index is -0.595. The number of aromatic nitrogens is 1. The summed E-state index contributed by atoms with van der Waals surface area (Å²) in [4.78, 5) is 15.1. The lowest BCUT2D eigenvalue weighted by Gasteiger charge is -2.01. The van der Waals surface area contributed by atoms with Gasteiger partial charge in [0.1, 0.15) is 6.07 Å². The quantitative estimate of drug-likeness (QED) is 0.535. The molecule has 1 aromatic rings. The molecular weight excluding hydrogens is 188 g/mol. The summed E-state index contributed by atoms with van der Waals surface area (Å²) >= 11 is 4.00. The molecule has 0 spiro atoms. The third-order valence-electron chi connectivity index (χ3n) is 1.42. The smallest absolute Gasteiger partial charge is 0.357 e. The van der Waals surface area contributed by atoms with Crippen molar-refractivity contribution in [2.45, 2.75) is 4.90 Å². The van der Waals surface area contributed by atoms with Crippen LogP contribution < -0.4 is 0 Å². The van der Waals surface area contributed by atoms with Crippen LogP contribution in [0.1, 0.15) is 16.1 Å². The second-order valence-corrected chi connectivity index (χ2v) is 2.61. The van der Waals surface area contributed by atoms with Gasteiger partial charge in [-0.05, 0) is 6.07 Å². The molecule has 0 aliphatic heterocycles. The lowest BCUT2D eigenvalue weighted by Crippen LogP contribution is -2.06. The molecule has 0 bridgehead atoms. The van der Waals surface area contributed by atoms with Crippen molar-refractivity contribution in [1.29, 1.82) is 5.26 Å². The normalized spacial score (nSPS) is 9.00. The number of hydrogen-bond acceptors (Lipinski definition) is 5. The number of thiol groups is 1. The van der Waals surface area contributed by atoms with Gasteiger partial charge in [-0.15, -0.1) is 12.6 Å². The van der Waals surface area contributed by atoms with Crippen LogP contribution in [0.25, 0.3) is 0 Å². The second-order valence-electron chi connectivity index (χ2n) is 2.16. The van der Waals surface area contributed by atoms with E-state index in [4.69, 9.17) is 5.26 Å². The van der Waals surface area contributed by atoms with E-state index in [0.717, 1.165) is 0 Å². The standard InChI is InChI=1S/C8H6N2O2S/c1-12-8(11)6-7(13)5(4-9)2-3-10-6/h2-3,13H,1H3. The Hall–Kier alpha value is -1.54. The predicted molar refractivity (Wildman–Crippen MR) is 47.5 cm³/mol. The van der Waals surface area contributed by atoms with Gasteiger partial charge in [0, 0.05) is 6.20 Å². The van der Waals surface area contributed by atoms with E-state index in [-0.39, 0.29) is 10.6 Å². The minimum Gasteiger partial charge on any atom is -0.464 e. The van der Waals surface area contributed by atoms with Crippen molar-refractivity contribution in [3.05, 3.63) is 23.5 Å². The number of carbonyl (C=O) groups is 1. The van der Waals surface area contributed by atoms with E-state index in [1.54, 1.807) is 0 Å². The largest absolute Gasteiger partial charge is 0.464 e. The van der Waals surface area contributed by atoms with Gasteiger partial charge in [-0.2, -0.15) is 5.26 Å². The first-order valence-corrected chi connectivity index (χ1v) is 3.81. The van der Waals surface area contributed by atoms with Gasteiger partial charge in [-0.25, -0.2) is 9.78 Å². The number of nitrogens with zero attached hydrogens (tertiary/aromatic N) is 2. The Morgan fingerprint density at radius 3 is 3.00 bits per heavy atom. The maximum atomic E-state index is 11.1. The molecule has 0 unspecified atom stereocenters. The first-order valence-electron chi connectivity index (χ1n) is 3.37. The zero-order valence-electron chi connectivity index (χ0n) is 6.81. The Balaban J connectivity index is 3.25. The third-order valence-corrected chi connectivity index (χ3v) is 1.88. The number of hydrogen-bond donors (Lipinski definition) is 1. The number of methoxy groups -OCH3 is 1. The molecule has 0 aromatic carbocycles. The first-order chi connectivity index (χ1) is 6.20. The Labute approximate surface area is 80.6 Å². The SMILES string of the molecule is COC(=O)c1nccc(C#N)c1S. The van der Waals surface area contributed by atoms with Crippen LogP contribution in [0.5, 0.6) is 0 Å². The van der Waals surface area contributed by atoms with Crippen molar-refractivity contribution in [3.63, 3.8) is 0 Å². The highest BCUT2D eigenvalue weighted by molar-refractivity contribution is 7.80. The molecule has 1 heterocycles.